The molecule has 24 heavy (non-hydrogen) atoms. The number of hydrogen-bond acceptors (Lipinski definition) is 5. The quantitative estimate of drug-likeness (QED) is 0.705. The molecule has 0 aliphatic rings. The van der Waals surface area contributed by atoms with Crippen molar-refractivity contribution in [1.29, 1.82) is 0 Å². The zero-order valence-corrected chi connectivity index (χ0v) is 14.3. The van der Waals surface area contributed by atoms with Gasteiger partial charge in [-0.25, -0.2) is 4.98 Å². The molecule has 0 aliphatic carbocycles. The highest BCUT2D eigenvalue weighted by Crippen LogP contribution is 2.27. The smallest absolute Gasteiger partial charge is 0.257 e. The van der Waals surface area contributed by atoms with Crippen LogP contribution in [0.3, 0.4) is 0 Å². The van der Waals surface area contributed by atoms with Crippen molar-refractivity contribution in [2.45, 2.75) is 24.5 Å². The average molecular weight is 339 g/mol. The van der Waals surface area contributed by atoms with Gasteiger partial charge in [0.25, 0.3) is 5.91 Å². The van der Waals surface area contributed by atoms with Crippen molar-refractivity contribution < 1.29 is 9.32 Å². The van der Waals surface area contributed by atoms with E-state index in [2.05, 4.69) is 15.5 Å². The molecule has 0 saturated carbocycles. The maximum atomic E-state index is 12.5. The first-order chi connectivity index (χ1) is 11.6. The molecule has 122 valence electrons. The lowest BCUT2D eigenvalue weighted by Gasteiger charge is -2.09. The fraction of sp³-hybridized carbons (Fsp3) is 0.167. The summed E-state index contributed by atoms with van der Waals surface area (Å²) < 4.78 is 5.21. The summed E-state index contributed by atoms with van der Waals surface area (Å²) in [4.78, 5) is 17.6. The van der Waals surface area contributed by atoms with Gasteiger partial charge in [0, 0.05) is 17.2 Å². The van der Waals surface area contributed by atoms with E-state index in [0.717, 1.165) is 21.9 Å². The summed E-state index contributed by atoms with van der Waals surface area (Å²) >= 11 is 1.54. The number of nitrogens with zero attached hydrogens (tertiary/aromatic N) is 2. The monoisotopic (exact) mass is 339 g/mol. The molecule has 2 heterocycles. The minimum absolute atomic E-state index is 0.178. The zero-order chi connectivity index (χ0) is 16.9. The molecule has 0 aliphatic heterocycles. The second-order valence-corrected chi connectivity index (χ2v) is 6.41. The fourth-order valence-corrected chi connectivity index (χ4v) is 3.06. The van der Waals surface area contributed by atoms with Crippen molar-refractivity contribution in [3.63, 3.8) is 0 Å². The lowest BCUT2D eigenvalue weighted by Crippen LogP contribution is -2.13. The van der Waals surface area contributed by atoms with Crippen LogP contribution in [0.1, 0.15) is 27.4 Å². The van der Waals surface area contributed by atoms with Crippen molar-refractivity contribution in [1.82, 2.24) is 10.1 Å². The van der Waals surface area contributed by atoms with Crippen molar-refractivity contribution in [2.75, 3.05) is 5.32 Å². The van der Waals surface area contributed by atoms with E-state index in [1.807, 2.05) is 44.2 Å². The molecule has 5 nitrogen and oxygen atoms in total. The molecule has 0 radical (unpaired) electrons. The van der Waals surface area contributed by atoms with Gasteiger partial charge < -0.3 is 9.84 Å². The Labute approximate surface area is 144 Å². The van der Waals surface area contributed by atoms with Crippen LogP contribution in [0.5, 0.6) is 0 Å². The topological polar surface area (TPSA) is 68.0 Å². The Kier molecular flexibility index (Phi) is 4.96. The molecular weight excluding hydrogens is 322 g/mol. The summed E-state index contributed by atoms with van der Waals surface area (Å²) in [6, 6.07) is 13.1. The first-order valence-electron chi connectivity index (χ1n) is 7.50. The molecule has 0 fully saturated rings. The highest BCUT2D eigenvalue weighted by molar-refractivity contribution is 7.98. The van der Waals surface area contributed by atoms with Gasteiger partial charge in [0.1, 0.15) is 11.6 Å². The van der Waals surface area contributed by atoms with E-state index < -0.39 is 0 Å². The van der Waals surface area contributed by atoms with Gasteiger partial charge in [0.15, 0.2) is 0 Å². The van der Waals surface area contributed by atoms with Crippen molar-refractivity contribution in [3.05, 3.63) is 71.2 Å². The van der Waals surface area contributed by atoms with Gasteiger partial charge in [-0.05, 0) is 37.6 Å². The van der Waals surface area contributed by atoms with E-state index in [1.165, 1.54) is 11.8 Å². The molecule has 1 aromatic carbocycles. The summed E-state index contributed by atoms with van der Waals surface area (Å²) in [5.41, 5.74) is 2.51. The molecule has 0 saturated heterocycles. The van der Waals surface area contributed by atoms with Gasteiger partial charge in [-0.15, -0.1) is 11.8 Å². The average Bonchev–Trinajstić information content (AvgIpc) is 3.01. The third-order valence-corrected chi connectivity index (χ3v) is 4.43. The number of amides is 1. The van der Waals surface area contributed by atoms with E-state index in [0.29, 0.717) is 17.1 Å². The summed E-state index contributed by atoms with van der Waals surface area (Å²) in [5, 5.41) is 6.70. The number of rotatable bonds is 5. The number of aryl methyl sites for hydroxylation is 2. The lowest BCUT2D eigenvalue weighted by molar-refractivity contribution is 0.102. The number of benzene rings is 1. The third kappa shape index (κ3) is 4.02. The Bertz CT molecular complexity index is 843. The Morgan fingerprint density at radius 2 is 2.04 bits per heavy atom. The van der Waals surface area contributed by atoms with Crippen LogP contribution in [0.4, 0.5) is 5.82 Å². The minimum atomic E-state index is -0.178. The number of carbonyl (C=O) groups excluding carboxylic acids is 1. The number of thioether (sulfide) groups is 1. The molecule has 1 N–H and O–H groups in total. The highest BCUT2D eigenvalue weighted by atomic mass is 32.2. The number of aromatic nitrogens is 2. The lowest BCUT2D eigenvalue weighted by atomic mass is 10.2. The standard InChI is InChI=1S/C18H17N3O2S/c1-12-7-8-17(19-10-12)20-18(22)15-5-3-4-6-16(15)24-11-14-9-13(2)21-23-14/h3-10H,11H2,1-2H3,(H,19,20,22). The molecule has 3 rings (SSSR count). The maximum Gasteiger partial charge on any atom is 0.257 e. The second-order valence-electron chi connectivity index (χ2n) is 5.39. The second kappa shape index (κ2) is 7.31. The first-order valence-corrected chi connectivity index (χ1v) is 8.48. The number of carbonyl (C=O) groups is 1. The van der Waals surface area contributed by atoms with Crippen molar-refractivity contribution >= 4 is 23.5 Å². The molecule has 0 atom stereocenters. The Balaban J connectivity index is 1.72. The van der Waals surface area contributed by atoms with Gasteiger partial charge >= 0.3 is 0 Å². The van der Waals surface area contributed by atoms with Gasteiger partial charge in [-0.2, -0.15) is 0 Å². The van der Waals surface area contributed by atoms with E-state index in [1.54, 1.807) is 18.3 Å². The van der Waals surface area contributed by atoms with Crippen LogP contribution in [0.25, 0.3) is 0 Å². The minimum Gasteiger partial charge on any atom is -0.360 e. The van der Waals surface area contributed by atoms with Crippen LogP contribution < -0.4 is 5.32 Å². The predicted octanol–water partition coefficient (Wildman–Crippen LogP) is 4.23. The number of pyridine rings is 1. The molecule has 0 bridgehead atoms. The molecule has 1 amide bonds. The number of nitrogens with one attached hydrogen (secondary N) is 1. The van der Waals surface area contributed by atoms with Gasteiger partial charge in [0.2, 0.25) is 0 Å². The Morgan fingerprint density at radius 1 is 1.21 bits per heavy atom. The molecule has 0 spiro atoms. The van der Waals surface area contributed by atoms with Crippen LogP contribution in [-0.2, 0) is 5.75 Å². The molecule has 2 aromatic heterocycles. The SMILES string of the molecule is Cc1ccc(NC(=O)c2ccccc2SCc2cc(C)no2)nc1. The number of anilines is 1. The van der Waals surface area contributed by atoms with E-state index in [4.69, 9.17) is 4.52 Å². The summed E-state index contributed by atoms with van der Waals surface area (Å²) in [6.07, 6.45) is 1.72. The van der Waals surface area contributed by atoms with Crippen molar-refractivity contribution in [2.24, 2.45) is 0 Å². The number of hydrogen-bond donors (Lipinski definition) is 1. The summed E-state index contributed by atoms with van der Waals surface area (Å²) in [7, 11) is 0. The Morgan fingerprint density at radius 3 is 2.75 bits per heavy atom. The molecular formula is C18H17N3O2S. The van der Waals surface area contributed by atoms with Crippen LogP contribution in [0, 0.1) is 13.8 Å². The van der Waals surface area contributed by atoms with Crippen LogP contribution in [-0.4, -0.2) is 16.0 Å². The Hall–Kier alpha value is -2.60. The van der Waals surface area contributed by atoms with Gasteiger partial charge in [0.05, 0.1) is 17.0 Å². The molecule has 6 heteroatoms. The zero-order valence-electron chi connectivity index (χ0n) is 13.4. The summed E-state index contributed by atoms with van der Waals surface area (Å²) in [6.45, 7) is 3.84. The van der Waals surface area contributed by atoms with Crippen molar-refractivity contribution in [3.8, 4) is 0 Å². The first kappa shape index (κ1) is 16.3. The van der Waals surface area contributed by atoms with E-state index in [9.17, 15) is 4.79 Å². The van der Waals surface area contributed by atoms with Gasteiger partial charge in [-0.3, -0.25) is 4.79 Å². The molecule has 3 aromatic rings. The predicted molar refractivity (Wildman–Crippen MR) is 94.2 cm³/mol. The normalized spacial score (nSPS) is 10.6. The fourth-order valence-electron chi connectivity index (χ4n) is 2.14. The summed E-state index contributed by atoms with van der Waals surface area (Å²) in [5.74, 6) is 1.76. The van der Waals surface area contributed by atoms with E-state index in [-0.39, 0.29) is 5.91 Å². The molecule has 0 unspecified atom stereocenters. The maximum absolute atomic E-state index is 12.5. The van der Waals surface area contributed by atoms with Crippen LogP contribution in [0.15, 0.2) is 58.1 Å². The van der Waals surface area contributed by atoms with Crippen LogP contribution >= 0.6 is 11.8 Å². The highest BCUT2D eigenvalue weighted by Gasteiger charge is 2.13. The largest absolute Gasteiger partial charge is 0.360 e. The van der Waals surface area contributed by atoms with Gasteiger partial charge in [-0.1, -0.05) is 23.4 Å². The van der Waals surface area contributed by atoms with Crippen LogP contribution in [0.2, 0.25) is 0 Å². The van der Waals surface area contributed by atoms with E-state index >= 15 is 0 Å². The third-order valence-electron chi connectivity index (χ3n) is 3.33.